The van der Waals surface area contributed by atoms with E-state index in [1.54, 1.807) is 16.8 Å². The highest BCUT2D eigenvalue weighted by atomic mass is 32.1. The quantitative estimate of drug-likeness (QED) is 0.326. The molecule has 0 amide bonds. The van der Waals surface area contributed by atoms with Crippen molar-refractivity contribution in [3.05, 3.63) is 52.5 Å². The Balaban J connectivity index is 2.06. The summed E-state index contributed by atoms with van der Waals surface area (Å²) in [6.07, 6.45) is 2.29. The number of benzene rings is 1. The molecule has 4 N–H and O–H groups in total. The van der Waals surface area contributed by atoms with Crippen LogP contribution in [0.4, 0.5) is 0 Å². The lowest BCUT2D eigenvalue weighted by molar-refractivity contribution is 0.315. The Morgan fingerprint density at radius 2 is 2.21 bits per heavy atom. The maximum atomic E-state index is 8.71. The van der Waals surface area contributed by atoms with Gasteiger partial charge in [-0.15, -0.1) is 11.3 Å². The van der Waals surface area contributed by atoms with Crippen LogP contribution < -0.4 is 11.1 Å². The highest BCUT2D eigenvalue weighted by molar-refractivity contribution is 7.09. The molecule has 0 saturated heterocycles. The minimum Gasteiger partial charge on any atom is -0.409 e. The van der Waals surface area contributed by atoms with Gasteiger partial charge >= 0.3 is 0 Å². The molecule has 0 aliphatic heterocycles. The second-order valence-corrected chi connectivity index (χ2v) is 5.08. The molecule has 100 valence electrons. The van der Waals surface area contributed by atoms with E-state index in [0.29, 0.717) is 13.0 Å². The third-order valence-corrected chi connectivity index (χ3v) is 3.53. The van der Waals surface area contributed by atoms with Gasteiger partial charge in [0.2, 0.25) is 0 Å². The summed E-state index contributed by atoms with van der Waals surface area (Å²) in [5.41, 5.74) is 8.52. The van der Waals surface area contributed by atoms with E-state index in [2.05, 4.69) is 15.5 Å². The third-order valence-electron chi connectivity index (χ3n) is 2.75. The fourth-order valence-corrected chi connectivity index (χ4v) is 2.34. The van der Waals surface area contributed by atoms with Crippen LogP contribution in [0.15, 0.2) is 47.2 Å². The number of nitrogens with zero attached hydrogens (tertiary/aromatic N) is 2. The molecule has 1 unspecified atom stereocenters. The van der Waals surface area contributed by atoms with Crippen molar-refractivity contribution < 1.29 is 5.21 Å². The third kappa shape index (κ3) is 4.04. The molecule has 0 spiro atoms. The predicted molar refractivity (Wildman–Crippen MR) is 76.2 cm³/mol. The van der Waals surface area contributed by atoms with Crippen LogP contribution in [-0.4, -0.2) is 16.0 Å². The zero-order chi connectivity index (χ0) is 13.5. The van der Waals surface area contributed by atoms with Gasteiger partial charge in [0.15, 0.2) is 0 Å². The van der Waals surface area contributed by atoms with Gasteiger partial charge in [-0.25, -0.2) is 0 Å². The summed E-state index contributed by atoms with van der Waals surface area (Å²) in [6, 6.07) is 9.97. The summed E-state index contributed by atoms with van der Waals surface area (Å²) in [5, 5.41) is 15.2. The highest BCUT2D eigenvalue weighted by Crippen LogP contribution is 2.18. The second kappa shape index (κ2) is 6.86. The maximum absolute atomic E-state index is 8.71. The van der Waals surface area contributed by atoms with Crippen LogP contribution in [0.1, 0.15) is 22.9 Å². The summed E-state index contributed by atoms with van der Waals surface area (Å²) >= 11 is 1.60. The molecule has 0 radical (unpaired) electrons. The Bertz CT molecular complexity index is 513. The molecule has 2 rings (SSSR count). The van der Waals surface area contributed by atoms with Gasteiger partial charge in [0.1, 0.15) is 5.84 Å². The van der Waals surface area contributed by atoms with E-state index in [4.69, 9.17) is 10.9 Å². The highest BCUT2D eigenvalue weighted by Gasteiger charge is 2.13. The van der Waals surface area contributed by atoms with Crippen LogP contribution in [-0.2, 0) is 6.54 Å². The first-order chi connectivity index (χ1) is 9.29. The van der Waals surface area contributed by atoms with Crippen LogP contribution in [0.2, 0.25) is 0 Å². The average molecular weight is 276 g/mol. The Labute approximate surface area is 115 Å². The van der Waals surface area contributed by atoms with E-state index in [1.807, 2.05) is 36.5 Å². The molecule has 1 aromatic carbocycles. The number of hydrogen-bond donors (Lipinski definition) is 3. The zero-order valence-corrected chi connectivity index (χ0v) is 11.2. The van der Waals surface area contributed by atoms with E-state index in [-0.39, 0.29) is 11.9 Å². The van der Waals surface area contributed by atoms with Crippen molar-refractivity contribution in [1.29, 1.82) is 0 Å². The van der Waals surface area contributed by atoms with Gasteiger partial charge in [-0.1, -0.05) is 35.5 Å². The molecule has 0 aliphatic carbocycles. The van der Waals surface area contributed by atoms with Crippen molar-refractivity contribution in [2.45, 2.75) is 19.0 Å². The summed E-state index contributed by atoms with van der Waals surface area (Å²) < 4.78 is 0. The Hall–Kier alpha value is -1.92. The molecule has 1 atom stereocenters. The van der Waals surface area contributed by atoms with Crippen LogP contribution in [0.3, 0.4) is 0 Å². The number of oxime groups is 1. The molecule has 0 saturated carbocycles. The zero-order valence-electron chi connectivity index (χ0n) is 10.4. The molecule has 0 bridgehead atoms. The van der Waals surface area contributed by atoms with Crippen molar-refractivity contribution in [2.24, 2.45) is 10.9 Å². The number of thiazole rings is 1. The van der Waals surface area contributed by atoms with Crippen molar-refractivity contribution in [1.82, 2.24) is 10.3 Å². The first-order valence-electron chi connectivity index (χ1n) is 5.91. The number of rotatable bonds is 6. The molecule has 2 aromatic rings. The van der Waals surface area contributed by atoms with E-state index < -0.39 is 0 Å². The minimum absolute atomic E-state index is 0.0131. The van der Waals surface area contributed by atoms with Gasteiger partial charge in [-0.3, -0.25) is 4.98 Å². The van der Waals surface area contributed by atoms with Gasteiger partial charge in [0, 0.05) is 30.1 Å². The van der Waals surface area contributed by atoms with Crippen molar-refractivity contribution in [2.75, 3.05) is 0 Å². The number of hydrogen-bond acceptors (Lipinski definition) is 5. The Kier molecular flexibility index (Phi) is 4.88. The average Bonchev–Trinajstić information content (AvgIpc) is 2.97. The Morgan fingerprint density at radius 1 is 1.42 bits per heavy atom. The lowest BCUT2D eigenvalue weighted by Gasteiger charge is -2.18. The monoisotopic (exact) mass is 276 g/mol. The molecular weight excluding hydrogens is 260 g/mol. The summed E-state index contributed by atoms with van der Waals surface area (Å²) in [5.74, 6) is 0.214. The van der Waals surface area contributed by atoms with Crippen LogP contribution >= 0.6 is 11.3 Å². The van der Waals surface area contributed by atoms with Crippen molar-refractivity contribution in [3.8, 4) is 0 Å². The van der Waals surface area contributed by atoms with E-state index in [1.165, 1.54) is 0 Å². The number of aromatic nitrogens is 1. The summed E-state index contributed by atoms with van der Waals surface area (Å²) in [6.45, 7) is 0.711. The lowest BCUT2D eigenvalue weighted by atomic mass is 10.0. The standard InChI is InChI=1S/C13H16N4OS/c14-13(17-18)6-12(10-4-2-1-3-5-10)16-8-11-7-15-9-19-11/h1-5,7,9,12,16,18H,6,8H2,(H2,14,17). The SMILES string of the molecule is N/C(CC(NCc1cncs1)c1ccccc1)=N/O. The van der Waals surface area contributed by atoms with E-state index in [0.717, 1.165) is 10.4 Å². The summed E-state index contributed by atoms with van der Waals surface area (Å²) in [7, 11) is 0. The topological polar surface area (TPSA) is 83.5 Å². The molecule has 19 heavy (non-hydrogen) atoms. The first-order valence-corrected chi connectivity index (χ1v) is 6.79. The first kappa shape index (κ1) is 13.5. The molecule has 0 aliphatic rings. The van der Waals surface area contributed by atoms with Gasteiger partial charge in [0.25, 0.3) is 0 Å². The number of nitrogens with two attached hydrogens (primary N) is 1. The number of nitrogens with one attached hydrogen (secondary N) is 1. The number of amidine groups is 1. The minimum atomic E-state index is 0.0131. The summed E-state index contributed by atoms with van der Waals surface area (Å²) in [4.78, 5) is 5.19. The maximum Gasteiger partial charge on any atom is 0.141 e. The fraction of sp³-hybridized carbons (Fsp3) is 0.231. The molecule has 6 heteroatoms. The largest absolute Gasteiger partial charge is 0.409 e. The van der Waals surface area contributed by atoms with E-state index >= 15 is 0 Å². The normalized spacial score (nSPS) is 13.4. The van der Waals surface area contributed by atoms with Crippen molar-refractivity contribution in [3.63, 3.8) is 0 Å². The Morgan fingerprint density at radius 3 is 2.84 bits per heavy atom. The lowest BCUT2D eigenvalue weighted by Crippen LogP contribution is -2.26. The van der Waals surface area contributed by atoms with Crippen molar-refractivity contribution >= 4 is 17.2 Å². The van der Waals surface area contributed by atoms with Gasteiger partial charge < -0.3 is 16.3 Å². The molecule has 1 heterocycles. The molecule has 1 aromatic heterocycles. The fourth-order valence-electron chi connectivity index (χ4n) is 1.80. The van der Waals surface area contributed by atoms with E-state index in [9.17, 15) is 0 Å². The smallest absolute Gasteiger partial charge is 0.141 e. The van der Waals surface area contributed by atoms with Gasteiger partial charge in [-0.2, -0.15) is 0 Å². The van der Waals surface area contributed by atoms with Gasteiger partial charge in [0.05, 0.1) is 5.51 Å². The van der Waals surface area contributed by atoms with Crippen LogP contribution in [0.5, 0.6) is 0 Å². The second-order valence-electron chi connectivity index (χ2n) is 4.11. The van der Waals surface area contributed by atoms with Crippen LogP contribution in [0.25, 0.3) is 0 Å². The van der Waals surface area contributed by atoms with Crippen LogP contribution in [0, 0.1) is 0 Å². The van der Waals surface area contributed by atoms with Gasteiger partial charge in [-0.05, 0) is 5.56 Å². The molecule has 0 fully saturated rings. The molecular formula is C13H16N4OS. The molecule has 5 nitrogen and oxygen atoms in total. The predicted octanol–water partition coefficient (Wildman–Crippen LogP) is 2.11.